The number of nitrogens with zero attached hydrogens (tertiary/aromatic N) is 1. The topological polar surface area (TPSA) is 3.24 Å². The van der Waals surface area contributed by atoms with Crippen LogP contribution < -0.4 is 0 Å². The second-order valence-corrected chi connectivity index (χ2v) is 13.0. The molecule has 0 N–H and O–H groups in total. The van der Waals surface area contributed by atoms with Gasteiger partial charge in [0.2, 0.25) is 0 Å². The third-order valence-corrected chi connectivity index (χ3v) is 9.49. The van der Waals surface area contributed by atoms with E-state index >= 15 is 0 Å². The average molecular weight is 374 g/mol. The lowest BCUT2D eigenvalue weighted by atomic mass is 9.61. The Kier molecular flexibility index (Phi) is 5.50. The van der Waals surface area contributed by atoms with Gasteiger partial charge in [-0.15, -0.1) is 0 Å². The molecule has 0 aromatic heterocycles. The van der Waals surface area contributed by atoms with Crippen LogP contribution in [0.4, 0.5) is 0 Å². The van der Waals surface area contributed by atoms with Crippen molar-refractivity contribution in [2.24, 2.45) is 34.5 Å². The maximum absolute atomic E-state index is 3.17. The summed E-state index contributed by atoms with van der Waals surface area (Å²) in [5, 5.41) is 0. The molecule has 0 aromatic carbocycles. The molecule has 1 heterocycles. The molecule has 0 aromatic rings. The fourth-order valence-corrected chi connectivity index (χ4v) is 7.78. The summed E-state index contributed by atoms with van der Waals surface area (Å²) in [6.07, 6.45) is 16.5. The first-order chi connectivity index (χ1) is 12.7. The van der Waals surface area contributed by atoms with Crippen LogP contribution in [0.15, 0.2) is 0 Å². The van der Waals surface area contributed by atoms with Crippen LogP contribution in [0.2, 0.25) is 0 Å². The van der Waals surface area contributed by atoms with E-state index in [9.17, 15) is 0 Å². The molecule has 156 valence electrons. The molecule has 1 heteroatoms. The Morgan fingerprint density at radius 1 is 0.556 bits per heavy atom. The van der Waals surface area contributed by atoms with Gasteiger partial charge in [-0.25, -0.2) is 0 Å². The van der Waals surface area contributed by atoms with Crippen molar-refractivity contribution in [3.05, 3.63) is 0 Å². The predicted octanol–water partition coefficient (Wildman–Crippen LogP) is 7.30. The van der Waals surface area contributed by atoms with Gasteiger partial charge in [0.1, 0.15) is 0 Å². The van der Waals surface area contributed by atoms with Crippen LogP contribution in [0.25, 0.3) is 0 Å². The summed E-state index contributed by atoms with van der Waals surface area (Å²) in [7, 11) is 0. The lowest BCUT2D eigenvalue weighted by Gasteiger charge is -2.45. The van der Waals surface area contributed by atoms with E-state index in [2.05, 4.69) is 46.4 Å². The van der Waals surface area contributed by atoms with Crippen molar-refractivity contribution in [1.82, 2.24) is 4.90 Å². The normalized spacial score (nSPS) is 42.0. The predicted molar refractivity (Wildman–Crippen MR) is 117 cm³/mol. The Morgan fingerprint density at radius 3 is 1.41 bits per heavy atom. The number of hydrogen-bond acceptors (Lipinski definition) is 1. The molecule has 3 aliphatic carbocycles. The SMILES string of the molecule is CC(C)(C)C1CCC2C(C1)C1CC(C(C)(C)C)CCC1N2C1CCCCC1. The number of fused-ring (bicyclic) bond motifs is 3. The van der Waals surface area contributed by atoms with Gasteiger partial charge in [-0.2, -0.15) is 0 Å². The van der Waals surface area contributed by atoms with E-state index in [1.807, 2.05) is 0 Å². The van der Waals surface area contributed by atoms with Gasteiger partial charge < -0.3 is 0 Å². The monoisotopic (exact) mass is 373 g/mol. The van der Waals surface area contributed by atoms with E-state index in [0.29, 0.717) is 10.8 Å². The fraction of sp³-hybridized carbons (Fsp3) is 1.00. The molecule has 6 unspecified atom stereocenters. The molecule has 0 radical (unpaired) electrons. The van der Waals surface area contributed by atoms with Crippen molar-refractivity contribution >= 4 is 0 Å². The Bertz CT molecular complexity index is 465. The second-order valence-electron chi connectivity index (χ2n) is 13.0. The first-order valence-electron chi connectivity index (χ1n) is 12.4. The molecule has 1 saturated heterocycles. The maximum Gasteiger partial charge on any atom is 0.0133 e. The summed E-state index contributed by atoms with van der Waals surface area (Å²) in [5.41, 5.74) is 0.994. The van der Waals surface area contributed by atoms with E-state index in [0.717, 1.165) is 41.8 Å². The van der Waals surface area contributed by atoms with Crippen molar-refractivity contribution in [1.29, 1.82) is 0 Å². The molecule has 0 bridgehead atoms. The second kappa shape index (κ2) is 7.33. The first kappa shape index (κ1) is 20.2. The fourth-order valence-electron chi connectivity index (χ4n) is 7.78. The van der Waals surface area contributed by atoms with Crippen molar-refractivity contribution in [3.8, 4) is 0 Å². The third-order valence-electron chi connectivity index (χ3n) is 9.49. The highest BCUT2D eigenvalue weighted by atomic mass is 15.3. The Labute approximate surface area is 170 Å². The molecule has 4 aliphatic rings. The van der Waals surface area contributed by atoms with E-state index in [1.54, 1.807) is 0 Å². The van der Waals surface area contributed by atoms with Gasteiger partial charge in [0, 0.05) is 18.1 Å². The van der Waals surface area contributed by atoms with Crippen LogP contribution in [0.1, 0.15) is 112 Å². The minimum Gasteiger partial charge on any atom is -0.294 e. The summed E-state index contributed by atoms with van der Waals surface area (Å²) in [5.74, 6) is 3.89. The van der Waals surface area contributed by atoms with Crippen LogP contribution in [0.3, 0.4) is 0 Å². The highest BCUT2D eigenvalue weighted by Gasteiger charge is 2.55. The third kappa shape index (κ3) is 3.88. The molecular formula is C26H47N. The lowest BCUT2D eigenvalue weighted by Crippen LogP contribution is -2.48. The molecule has 1 nitrogen and oxygen atoms in total. The Morgan fingerprint density at radius 2 is 1.00 bits per heavy atom. The lowest BCUT2D eigenvalue weighted by molar-refractivity contribution is 0.0389. The molecule has 3 saturated carbocycles. The van der Waals surface area contributed by atoms with Gasteiger partial charge in [0.15, 0.2) is 0 Å². The summed E-state index contributed by atoms with van der Waals surface area (Å²) in [6, 6.07) is 2.79. The largest absolute Gasteiger partial charge is 0.294 e. The van der Waals surface area contributed by atoms with E-state index in [4.69, 9.17) is 0 Å². The molecule has 0 amide bonds. The van der Waals surface area contributed by atoms with Gasteiger partial charge in [-0.1, -0.05) is 60.8 Å². The average Bonchev–Trinajstić information content (AvgIpc) is 2.94. The molecule has 1 aliphatic heterocycles. The highest BCUT2D eigenvalue weighted by molar-refractivity contribution is 5.08. The summed E-state index contributed by atoms with van der Waals surface area (Å²) in [6.45, 7) is 15.0. The molecule has 27 heavy (non-hydrogen) atoms. The molecule has 4 fully saturated rings. The van der Waals surface area contributed by atoms with Crippen molar-refractivity contribution in [2.45, 2.75) is 130 Å². The highest BCUT2D eigenvalue weighted by Crippen LogP contribution is 2.56. The van der Waals surface area contributed by atoms with Gasteiger partial charge >= 0.3 is 0 Å². The minimum absolute atomic E-state index is 0.497. The smallest absolute Gasteiger partial charge is 0.0133 e. The van der Waals surface area contributed by atoms with Gasteiger partial charge in [-0.05, 0) is 85.9 Å². The zero-order valence-corrected chi connectivity index (χ0v) is 19.3. The van der Waals surface area contributed by atoms with Gasteiger partial charge in [-0.3, -0.25) is 4.90 Å². The van der Waals surface area contributed by atoms with Crippen LogP contribution in [-0.4, -0.2) is 23.0 Å². The van der Waals surface area contributed by atoms with Crippen LogP contribution in [-0.2, 0) is 0 Å². The maximum atomic E-state index is 3.17. The van der Waals surface area contributed by atoms with Crippen molar-refractivity contribution < 1.29 is 0 Å². The molecular weight excluding hydrogens is 326 g/mol. The number of likely N-dealkylation sites (tertiary alicyclic amines) is 1. The van der Waals surface area contributed by atoms with Crippen LogP contribution in [0.5, 0.6) is 0 Å². The summed E-state index contributed by atoms with van der Waals surface area (Å²) < 4.78 is 0. The van der Waals surface area contributed by atoms with Crippen molar-refractivity contribution in [3.63, 3.8) is 0 Å². The van der Waals surface area contributed by atoms with Crippen molar-refractivity contribution in [2.75, 3.05) is 0 Å². The van der Waals surface area contributed by atoms with Gasteiger partial charge in [0.05, 0.1) is 0 Å². The zero-order chi connectivity index (χ0) is 19.4. The zero-order valence-electron chi connectivity index (χ0n) is 19.3. The summed E-state index contributed by atoms with van der Waals surface area (Å²) >= 11 is 0. The Hall–Kier alpha value is -0.0400. The quantitative estimate of drug-likeness (QED) is 0.466. The molecule has 6 atom stereocenters. The van der Waals surface area contributed by atoms with E-state index < -0.39 is 0 Å². The number of rotatable bonds is 1. The van der Waals surface area contributed by atoms with E-state index in [1.165, 1.54) is 70.6 Å². The number of hydrogen-bond donors (Lipinski definition) is 0. The van der Waals surface area contributed by atoms with Crippen LogP contribution in [0, 0.1) is 34.5 Å². The van der Waals surface area contributed by atoms with Crippen LogP contribution >= 0.6 is 0 Å². The molecule has 0 spiro atoms. The minimum atomic E-state index is 0.497. The molecule has 4 rings (SSSR count). The van der Waals surface area contributed by atoms with Gasteiger partial charge in [0.25, 0.3) is 0 Å². The first-order valence-corrected chi connectivity index (χ1v) is 12.4. The standard InChI is InChI=1S/C26H47N/c1-25(2,3)18-12-14-23-21(16-18)22-17-19(26(4,5)6)13-15-24(22)27(23)20-10-8-7-9-11-20/h18-24H,7-17H2,1-6H3. The summed E-state index contributed by atoms with van der Waals surface area (Å²) in [4.78, 5) is 3.17. The van der Waals surface area contributed by atoms with E-state index in [-0.39, 0.29) is 0 Å². The Balaban J connectivity index is 1.59.